The Morgan fingerprint density at radius 1 is 0.964 bits per heavy atom. The Hall–Kier alpha value is -3.75. The highest BCUT2D eigenvalue weighted by Gasteiger charge is 2.24. The van der Waals surface area contributed by atoms with Gasteiger partial charge in [-0.25, -0.2) is 9.48 Å². The lowest BCUT2D eigenvalue weighted by molar-refractivity contribution is -0.118. The Bertz CT molecular complexity index is 926. The molecule has 0 aliphatic carbocycles. The van der Waals surface area contributed by atoms with Gasteiger partial charge in [0.1, 0.15) is 12.4 Å². The van der Waals surface area contributed by atoms with E-state index in [1.165, 1.54) is 11.0 Å². The number of amides is 3. The van der Waals surface area contributed by atoms with Crippen LogP contribution >= 0.6 is 0 Å². The summed E-state index contributed by atoms with van der Waals surface area (Å²) in [4.78, 5) is 25.0. The lowest BCUT2D eigenvalue weighted by atomic mass is 10.0. The van der Waals surface area contributed by atoms with Crippen molar-refractivity contribution in [3.8, 4) is 5.69 Å². The van der Waals surface area contributed by atoms with Crippen molar-refractivity contribution < 1.29 is 9.59 Å². The fourth-order valence-electron chi connectivity index (χ4n) is 2.59. The van der Waals surface area contributed by atoms with Crippen LogP contribution in [-0.4, -0.2) is 38.2 Å². The number of anilines is 2. The number of rotatable bonds is 6. The maximum Gasteiger partial charge on any atom is 0.319 e. The number of tetrazole rings is 1. The Kier molecular flexibility index (Phi) is 5.95. The minimum absolute atomic E-state index is 0.107. The number of hydrogen-bond donors (Lipinski definition) is 3. The monoisotopic (exact) mass is 379 g/mol. The Morgan fingerprint density at radius 2 is 1.71 bits per heavy atom. The summed E-state index contributed by atoms with van der Waals surface area (Å²) in [5.74, 6) is -0.420. The number of nitrogens with one attached hydrogen (secondary N) is 3. The molecule has 3 aromatic rings. The van der Waals surface area contributed by atoms with Crippen LogP contribution in [0.2, 0.25) is 0 Å². The molecule has 0 saturated heterocycles. The van der Waals surface area contributed by atoms with Gasteiger partial charge in [-0.1, -0.05) is 38.1 Å². The summed E-state index contributed by atoms with van der Waals surface area (Å²) in [6, 6.07) is 15.0. The zero-order chi connectivity index (χ0) is 19.9. The minimum Gasteiger partial charge on any atom is -0.326 e. The molecule has 0 aliphatic heterocycles. The summed E-state index contributed by atoms with van der Waals surface area (Å²) < 4.78 is 1.49. The standard InChI is InChI=1S/C19H21N7O2/c1-13(2)17(23-19(28)22-14-7-4-3-5-8-14)18(27)21-15-9-6-10-16(11-15)26-12-20-24-25-26/h3-13,17H,1-2H3,(H,21,27)(H2,22,23,28)/t17-/m0/s1. The largest absolute Gasteiger partial charge is 0.326 e. The van der Waals surface area contributed by atoms with Crippen LogP contribution in [0.1, 0.15) is 13.8 Å². The molecule has 0 spiro atoms. The van der Waals surface area contributed by atoms with Crippen LogP contribution in [0.3, 0.4) is 0 Å². The smallest absolute Gasteiger partial charge is 0.319 e. The van der Waals surface area contributed by atoms with E-state index in [-0.39, 0.29) is 11.8 Å². The Morgan fingerprint density at radius 3 is 2.39 bits per heavy atom. The van der Waals surface area contributed by atoms with E-state index in [0.717, 1.165) is 0 Å². The van der Waals surface area contributed by atoms with Crippen molar-refractivity contribution in [2.24, 2.45) is 5.92 Å². The second-order valence-corrected chi connectivity index (χ2v) is 6.48. The quantitative estimate of drug-likeness (QED) is 0.609. The number of benzene rings is 2. The zero-order valence-electron chi connectivity index (χ0n) is 15.5. The van der Waals surface area contributed by atoms with E-state index in [4.69, 9.17) is 0 Å². The van der Waals surface area contributed by atoms with Gasteiger partial charge < -0.3 is 16.0 Å². The van der Waals surface area contributed by atoms with Gasteiger partial charge >= 0.3 is 6.03 Å². The van der Waals surface area contributed by atoms with Crippen LogP contribution < -0.4 is 16.0 Å². The first-order valence-electron chi connectivity index (χ1n) is 8.80. The van der Waals surface area contributed by atoms with Crippen molar-refractivity contribution in [2.45, 2.75) is 19.9 Å². The van der Waals surface area contributed by atoms with E-state index in [1.807, 2.05) is 38.1 Å². The Balaban J connectivity index is 1.66. The third-order valence-electron chi connectivity index (χ3n) is 3.99. The lowest BCUT2D eigenvalue weighted by Gasteiger charge is -2.22. The van der Waals surface area contributed by atoms with E-state index in [0.29, 0.717) is 17.1 Å². The van der Waals surface area contributed by atoms with Crippen LogP contribution in [0.4, 0.5) is 16.2 Å². The molecule has 2 aromatic carbocycles. The number of aromatic nitrogens is 4. The average molecular weight is 379 g/mol. The summed E-state index contributed by atoms with van der Waals surface area (Å²) in [6.45, 7) is 3.73. The molecule has 0 radical (unpaired) electrons. The second kappa shape index (κ2) is 8.76. The van der Waals surface area contributed by atoms with Crippen molar-refractivity contribution in [1.82, 2.24) is 25.5 Å². The minimum atomic E-state index is -0.708. The Labute approximate surface area is 162 Å². The van der Waals surface area contributed by atoms with E-state index in [2.05, 4.69) is 31.5 Å². The van der Waals surface area contributed by atoms with Gasteiger partial charge in [0, 0.05) is 11.4 Å². The molecule has 0 aliphatic rings. The predicted molar refractivity (Wildman–Crippen MR) is 105 cm³/mol. The van der Waals surface area contributed by atoms with Crippen molar-refractivity contribution in [3.63, 3.8) is 0 Å². The molecule has 9 heteroatoms. The van der Waals surface area contributed by atoms with Gasteiger partial charge in [-0.3, -0.25) is 4.79 Å². The molecule has 0 saturated carbocycles. The number of urea groups is 1. The van der Waals surface area contributed by atoms with Gasteiger partial charge in [0.15, 0.2) is 0 Å². The fraction of sp³-hybridized carbons (Fsp3) is 0.211. The third kappa shape index (κ3) is 4.91. The molecular formula is C19H21N7O2. The van der Waals surface area contributed by atoms with E-state index in [9.17, 15) is 9.59 Å². The number of para-hydroxylation sites is 1. The van der Waals surface area contributed by atoms with Crippen LogP contribution in [-0.2, 0) is 4.79 Å². The topological polar surface area (TPSA) is 114 Å². The summed E-state index contributed by atoms with van der Waals surface area (Å²) in [6.07, 6.45) is 1.47. The maximum absolute atomic E-state index is 12.7. The van der Waals surface area contributed by atoms with Gasteiger partial charge in [0.05, 0.1) is 5.69 Å². The molecular weight excluding hydrogens is 358 g/mol. The summed E-state index contributed by atoms with van der Waals surface area (Å²) in [7, 11) is 0. The first-order valence-corrected chi connectivity index (χ1v) is 8.80. The van der Waals surface area contributed by atoms with Gasteiger partial charge in [0.2, 0.25) is 5.91 Å². The highest BCUT2D eigenvalue weighted by Crippen LogP contribution is 2.15. The molecule has 1 atom stereocenters. The average Bonchev–Trinajstić information content (AvgIpc) is 3.22. The fourth-order valence-corrected chi connectivity index (χ4v) is 2.59. The number of nitrogens with zero attached hydrogens (tertiary/aromatic N) is 4. The van der Waals surface area contributed by atoms with Gasteiger partial charge in [-0.15, -0.1) is 5.10 Å². The molecule has 0 bridgehead atoms. The molecule has 1 aromatic heterocycles. The first-order chi connectivity index (χ1) is 13.5. The molecule has 28 heavy (non-hydrogen) atoms. The van der Waals surface area contributed by atoms with Crippen molar-refractivity contribution in [1.29, 1.82) is 0 Å². The first kappa shape index (κ1) is 19.0. The normalized spacial score (nSPS) is 11.7. The molecule has 9 nitrogen and oxygen atoms in total. The lowest BCUT2D eigenvalue weighted by Crippen LogP contribution is -2.48. The molecule has 1 heterocycles. The van der Waals surface area contributed by atoms with Crippen LogP contribution in [0.25, 0.3) is 5.69 Å². The number of carbonyl (C=O) groups is 2. The summed E-state index contributed by atoms with van der Waals surface area (Å²) >= 11 is 0. The molecule has 3 rings (SSSR count). The highest BCUT2D eigenvalue weighted by atomic mass is 16.2. The van der Waals surface area contributed by atoms with Crippen LogP contribution in [0, 0.1) is 5.92 Å². The predicted octanol–water partition coefficient (Wildman–Crippen LogP) is 2.45. The van der Waals surface area contributed by atoms with Crippen molar-refractivity contribution >= 4 is 23.3 Å². The molecule has 3 amide bonds. The zero-order valence-corrected chi connectivity index (χ0v) is 15.5. The molecule has 3 N–H and O–H groups in total. The molecule has 144 valence electrons. The number of hydrogen-bond acceptors (Lipinski definition) is 5. The maximum atomic E-state index is 12.7. The number of carbonyl (C=O) groups excluding carboxylic acids is 2. The van der Waals surface area contributed by atoms with E-state index in [1.54, 1.807) is 30.3 Å². The van der Waals surface area contributed by atoms with Gasteiger partial charge in [0.25, 0.3) is 0 Å². The highest BCUT2D eigenvalue weighted by molar-refractivity contribution is 5.99. The third-order valence-corrected chi connectivity index (χ3v) is 3.99. The van der Waals surface area contributed by atoms with Crippen molar-refractivity contribution in [2.75, 3.05) is 10.6 Å². The second-order valence-electron chi connectivity index (χ2n) is 6.48. The SMILES string of the molecule is CC(C)[C@H](NC(=O)Nc1ccccc1)C(=O)Nc1cccc(-n2cnnn2)c1. The van der Waals surface area contributed by atoms with E-state index >= 15 is 0 Å². The van der Waals surface area contributed by atoms with Crippen LogP contribution in [0.15, 0.2) is 60.9 Å². The molecule has 0 unspecified atom stereocenters. The molecule has 0 fully saturated rings. The summed E-state index contributed by atoms with van der Waals surface area (Å²) in [5, 5.41) is 19.3. The van der Waals surface area contributed by atoms with E-state index < -0.39 is 12.1 Å². The summed E-state index contributed by atoms with van der Waals surface area (Å²) in [5.41, 5.74) is 1.93. The van der Waals surface area contributed by atoms with Crippen molar-refractivity contribution in [3.05, 3.63) is 60.9 Å². The van der Waals surface area contributed by atoms with Gasteiger partial charge in [-0.05, 0) is 46.7 Å². The van der Waals surface area contributed by atoms with Crippen LogP contribution in [0.5, 0.6) is 0 Å². The van der Waals surface area contributed by atoms with Gasteiger partial charge in [-0.2, -0.15) is 0 Å².